The van der Waals surface area contributed by atoms with Crippen LogP contribution in [0.3, 0.4) is 0 Å². The molecule has 1 atom stereocenters. The predicted molar refractivity (Wildman–Crippen MR) is 135 cm³/mol. The normalized spacial score (nSPS) is 12.4. The molecule has 0 aliphatic carbocycles. The molecule has 0 radical (unpaired) electrons. The fourth-order valence-corrected chi connectivity index (χ4v) is 4.21. The number of nitrogens with zero attached hydrogens (tertiary/aromatic N) is 4. The van der Waals surface area contributed by atoms with Crippen LogP contribution in [0.15, 0.2) is 67.3 Å². The summed E-state index contributed by atoms with van der Waals surface area (Å²) in [5, 5.41) is 14.1. The lowest BCUT2D eigenvalue weighted by atomic mass is 10.1. The fraction of sp³-hybridized carbons (Fsp3) is 0.333. The first-order valence-corrected chi connectivity index (χ1v) is 11.7. The van der Waals surface area contributed by atoms with Gasteiger partial charge in [-0.1, -0.05) is 44.2 Å². The lowest BCUT2D eigenvalue weighted by Crippen LogP contribution is -2.22. The molecule has 0 saturated carbocycles. The Labute approximate surface area is 195 Å². The Bertz CT molecular complexity index is 1180. The zero-order chi connectivity index (χ0) is 23.2. The number of nitrogens with one attached hydrogen (secondary N) is 1. The van der Waals surface area contributed by atoms with Crippen molar-refractivity contribution in [1.82, 2.24) is 19.4 Å². The van der Waals surface area contributed by atoms with Crippen LogP contribution < -0.4 is 5.32 Å². The highest BCUT2D eigenvalue weighted by Gasteiger charge is 2.13. The summed E-state index contributed by atoms with van der Waals surface area (Å²) in [6.07, 6.45) is 6.59. The first-order valence-electron chi connectivity index (χ1n) is 11.7. The third kappa shape index (κ3) is 5.24. The SMILES string of the molecule is CCN(CC)Cc1cn(-c2ccc3ncnc(NC(C)c4ccccc4)c3c2)cc1CCO. The highest BCUT2D eigenvalue weighted by molar-refractivity contribution is 5.90. The van der Waals surface area contributed by atoms with E-state index in [1.165, 1.54) is 16.7 Å². The average Bonchev–Trinajstić information content (AvgIpc) is 3.25. The Balaban J connectivity index is 1.68. The van der Waals surface area contributed by atoms with Crippen LogP contribution in [0.5, 0.6) is 0 Å². The molecule has 0 fully saturated rings. The quantitative estimate of drug-likeness (QED) is 0.362. The van der Waals surface area contributed by atoms with Crippen LogP contribution in [0.25, 0.3) is 16.6 Å². The van der Waals surface area contributed by atoms with E-state index in [9.17, 15) is 5.11 Å². The van der Waals surface area contributed by atoms with Gasteiger partial charge in [-0.05, 0) is 61.3 Å². The molecule has 0 amide bonds. The van der Waals surface area contributed by atoms with Crippen LogP contribution >= 0.6 is 0 Å². The highest BCUT2D eigenvalue weighted by Crippen LogP contribution is 2.27. The number of benzene rings is 2. The Morgan fingerprint density at radius 3 is 2.48 bits per heavy atom. The average molecular weight is 444 g/mol. The van der Waals surface area contributed by atoms with Crippen molar-refractivity contribution in [3.05, 3.63) is 83.9 Å². The topological polar surface area (TPSA) is 66.2 Å². The van der Waals surface area contributed by atoms with E-state index in [0.717, 1.165) is 42.0 Å². The summed E-state index contributed by atoms with van der Waals surface area (Å²) in [5.41, 5.74) is 5.61. The summed E-state index contributed by atoms with van der Waals surface area (Å²) in [5.74, 6) is 0.823. The van der Waals surface area contributed by atoms with Gasteiger partial charge in [-0.3, -0.25) is 4.90 Å². The molecule has 6 heteroatoms. The molecule has 33 heavy (non-hydrogen) atoms. The highest BCUT2D eigenvalue weighted by atomic mass is 16.2. The molecule has 1 unspecified atom stereocenters. The lowest BCUT2D eigenvalue weighted by Gasteiger charge is -2.18. The van der Waals surface area contributed by atoms with Crippen LogP contribution in [0.4, 0.5) is 5.82 Å². The number of rotatable bonds is 10. The molecule has 0 spiro atoms. The van der Waals surface area contributed by atoms with Gasteiger partial charge in [0.25, 0.3) is 0 Å². The minimum atomic E-state index is 0.122. The molecule has 0 bridgehead atoms. The summed E-state index contributed by atoms with van der Waals surface area (Å²) in [6.45, 7) is 9.53. The van der Waals surface area contributed by atoms with Crippen LogP contribution in [-0.4, -0.2) is 44.2 Å². The second-order valence-corrected chi connectivity index (χ2v) is 8.35. The molecule has 6 nitrogen and oxygen atoms in total. The summed E-state index contributed by atoms with van der Waals surface area (Å²) >= 11 is 0. The molecule has 2 aromatic carbocycles. The van der Waals surface area contributed by atoms with Gasteiger partial charge in [-0.25, -0.2) is 9.97 Å². The van der Waals surface area contributed by atoms with Crippen molar-refractivity contribution in [2.75, 3.05) is 25.0 Å². The third-order valence-electron chi connectivity index (χ3n) is 6.24. The van der Waals surface area contributed by atoms with E-state index < -0.39 is 0 Å². The summed E-state index contributed by atoms with van der Waals surface area (Å²) in [6, 6.07) is 16.8. The zero-order valence-corrected chi connectivity index (χ0v) is 19.7. The van der Waals surface area contributed by atoms with Crippen LogP contribution in [0.1, 0.15) is 43.5 Å². The minimum absolute atomic E-state index is 0.122. The van der Waals surface area contributed by atoms with Crippen molar-refractivity contribution in [3.63, 3.8) is 0 Å². The van der Waals surface area contributed by atoms with Gasteiger partial charge in [0.15, 0.2) is 0 Å². The summed E-state index contributed by atoms with van der Waals surface area (Å²) < 4.78 is 2.15. The lowest BCUT2D eigenvalue weighted by molar-refractivity contribution is 0.288. The molecule has 4 aromatic rings. The number of hydrogen-bond acceptors (Lipinski definition) is 5. The van der Waals surface area contributed by atoms with Crippen molar-refractivity contribution in [3.8, 4) is 5.69 Å². The van der Waals surface area contributed by atoms with Gasteiger partial charge in [0.2, 0.25) is 0 Å². The monoisotopic (exact) mass is 443 g/mol. The zero-order valence-electron chi connectivity index (χ0n) is 19.7. The molecule has 2 N–H and O–H groups in total. The van der Waals surface area contributed by atoms with Crippen LogP contribution in [0.2, 0.25) is 0 Å². The van der Waals surface area contributed by atoms with Gasteiger partial charge in [0, 0.05) is 42.7 Å². The van der Waals surface area contributed by atoms with Crippen LogP contribution in [-0.2, 0) is 13.0 Å². The summed E-state index contributed by atoms with van der Waals surface area (Å²) in [4.78, 5) is 11.4. The number of aliphatic hydroxyl groups is 1. The van der Waals surface area contributed by atoms with Crippen molar-refractivity contribution in [2.45, 2.75) is 39.8 Å². The maximum absolute atomic E-state index is 9.58. The molecular weight excluding hydrogens is 410 g/mol. The Hall–Kier alpha value is -3.22. The molecule has 2 heterocycles. The van der Waals surface area contributed by atoms with Crippen molar-refractivity contribution < 1.29 is 5.11 Å². The molecular formula is C27H33N5O. The molecule has 2 aromatic heterocycles. The van der Waals surface area contributed by atoms with E-state index in [4.69, 9.17) is 0 Å². The molecule has 0 aliphatic rings. The number of hydrogen-bond donors (Lipinski definition) is 2. The smallest absolute Gasteiger partial charge is 0.137 e. The van der Waals surface area contributed by atoms with Crippen molar-refractivity contribution >= 4 is 16.7 Å². The predicted octanol–water partition coefficient (Wildman–Crippen LogP) is 4.97. The van der Waals surface area contributed by atoms with Gasteiger partial charge >= 0.3 is 0 Å². The van der Waals surface area contributed by atoms with Gasteiger partial charge in [-0.2, -0.15) is 0 Å². The molecule has 4 rings (SSSR count). The number of aromatic nitrogens is 3. The van der Waals surface area contributed by atoms with E-state index in [0.29, 0.717) is 6.42 Å². The first-order chi connectivity index (χ1) is 16.1. The maximum atomic E-state index is 9.58. The molecule has 0 saturated heterocycles. The van der Waals surface area contributed by atoms with Gasteiger partial charge in [0.1, 0.15) is 12.1 Å². The van der Waals surface area contributed by atoms with Gasteiger partial charge < -0.3 is 15.0 Å². The number of aliphatic hydroxyl groups excluding tert-OH is 1. The van der Waals surface area contributed by atoms with E-state index in [1.54, 1.807) is 6.33 Å². The number of fused-ring (bicyclic) bond motifs is 1. The standard InChI is InChI=1S/C27H33N5O/c1-4-31(5-2)16-23-18-32(17-22(23)13-14-33)24-11-12-26-25(15-24)27(29-19-28-26)30-20(3)21-9-7-6-8-10-21/h6-12,15,17-20,33H,4-5,13-14,16H2,1-3H3,(H,28,29,30). The maximum Gasteiger partial charge on any atom is 0.137 e. The van der Waals surface area contributed by atoms with Crippen molar-refractivity contribution in [2.24, 2.45) is 0 Å². The summed E-state index contributed by atoms with van der Waals surface area (Å²) in [7, 11) is 0. The van der Waals surface area contributed by atoms with E-state index in [1.807, 2.05) is 12.1 Å². The Morgan fingerprint density at radius 2 is 1.76 bits per heavy atom. The van der Waals surface area contributed by atoms with Crippen LogP contribution in [0, 0.1) is 0 Å². The second kappa shape index (κ2) is 10.6. The molecule has 0 aliphatic heterocycles. The molecule has 172 valence electrons. The minimum Gasteiger partial charge on any atom is -0.396 e. The second-order valence-electron chi connectivity index (χ2n) is 8.35. The van der Waals surface area contributed by atoms with Gasteiger partial charge in [-0.15, -0.1) is 0 Å². The van der Waals surface area contributed by atoms with E-state index >= 15 is 0 Å². The van der Waals surface area contributed by atoms with E-state index in [2.05, 4.69) is 94.3 Å². The first kappa shape index (κ1) is 23.0. The van der Waals surface area contributed by atoms with Crippen molar-refractivity contribution in [1.29, 1.82) is 0 Å². The Morgan fingerprint density at radius 1 is 1.00 bits per heavy atom. The third-order valence-corrected chi connectivity index (χ3v) is 6.24. The Kier molecular flexibility index (Phi) is 7.37. The fourth-order valence-electron chi connectivity index (χ4n) is 4.21. The van der Waals surface area contributed by atoms with Gasteiger partial charge in [0.05, 0.1) is 5.52 Å². The largest absolute Gasteiger partial charge is 0.396 e. The number of anilines is 1. The van der Waals surface area contributed by atoms with E-state index in [-0.39, 0.29) is 12.6 Å².